The molecule has 0 unspecified atom stereocenters. The van der Waals surface area contributed by atoms with E-state index in [1.54, 1.807) is 15.4 Å². The molecule has 3 rings (SSSR count). The highest BCUT2D eigenvalue weighted by atomic mass is 16.1. The third kappa shape index (κ3) is 2.32. The van der Waals surface area contributed by atoms with Gasteiger partial charge >= 0.3 is 0 Å². The monoisotopic (exact) mass is 289 g/mol. The number of nitrogens with zero attached hydrogens (tertiary/aromatic N) is 5. The lowest BCUT2D eigenvalue weighted by Gasteiger charge is -2.26. The molecule has 0 aliphatic carbocycles. The maximum atomic E-state index is 12.7. The average Bonchev–Trinajstić information content (AvgIpc) is 2.77. The van der Waals surface area contributed by atoms with Crippen LogP contribution in [-0.4, -0.2) is 32.3 Å². The Bertz CT molecular complexity index is 716. The van der Waals surface area contributed by atoms with Crippen LogP contribution in [0.2, 0.25) is 0 Å². The Kier molecular flexibility index (Phi) is 3.26. The van der Waals surface area contributed by atoms with Gasteiger partial charge in [0.1, 0.15) is 6.33 Å². The number of piperidine rings is 1. The zero-order valence-corrected chi connectivity index (χ0v) is 13.3. The van der Waals surface area contributed by atoms with E-state index in [2.05, 4.69) is 15.0 Å². The summed E-state index contributed by atoms with van der Waals surface area (Å²) in [7, 11) is 0. The standard InChI is InChI=1S/C15H23N5O/c1-11-12-13(21)19(15(2,3)4)10-16-20(12)14(17-11)18-8-6-5-7-9-18/h10H,5-9H2,1-4H3. The SMILES string of the molecule is Cc1nc(N2CCCCC2)n2ncn(C(C)(C)C)c(=O)c12. The first-order valence-electron chi connectivity index (χ1n) is 7.62. The second-order valence-electron chi connectivity index (χ2n) is 6.78. The van der Waals surface area contributed by atoms with Crippen LogP contribution in [0.25, 0.3) is 5.52 Å². The van der Waals surface area contributed by atoms with E-state index in [0.717, 1.165) is 24.7 Å². The van der Waals surface area contributed by atoms with Crippen molar-refractivity contribution in [3.63, 3.8) is 0 Å². The van der Waals surface area contributed by atoms with Gasteiger partial charge in [0.05, 0.1) is 5.69 Å². The molecule has 0 saturated carbocycles. The number of aryl methyl sites for hydroxylation is 1. The van der Waals surface area contributed by atoms with Crippen molar-refractivity contribution in [3.8, 4) is 0 Å². The summed E-state index contributed by atoms with van der Waals surface area (Å²) in [5.41, 5.74) is 1.04. The minimum atomic E-state index is -0.284. The number of anilines is 1. The minimum absolute atomic E-state index is 0.0224. The molecule has 1 fully saturated rings. The number of imidazole rings is 1. The van der Waals surface area contributed by atoms with Gasteiger partial charge in [-0.25, -0.2) is 4.98 Å². The molecule has 0 amide bonds. The first-order chi connectivity index (χ1) is 9.89. The van der Waals surface area contributed by atoms with E-state index in [1.165, 1.54) is 19.3 Å². The highest BCUT2D eigenvalue weighted by molar-refractivity contribution is 5.56. The predicted octanol–water partition coefficient (Wildman–Crippen LogP) is 1.94. The molecule has 114 valence electrons. The van der Waals surface area contributed by atoms with Crippen molar-refractivity contribution in [2.75, 3.05) is 18.0 Å². The topological polar surface area (TPSA) is 55.4 Å². The van der Waals surface area contributed by atoms with Gasteiger partial charge in [-0.1, -0.05) is 0 Å². The first-order valence-corrected chi connectivity index (χ1v) is 7.62. The van der Waals surface area contributed by atoms with Crippen LogP contribution < -0.4 is 10.5 Å². The number of aromatic nitrogens is 4. The van der Waals surface area contributed by atoms with Crippen LogP contribution in [0.15, 0.2) is 11.1 Å². The molecule has 1 saturated heterocycles. The van der Waals surface area contributed by atoms with Crippen molar-refractivity contribution < 1.29 is 0 Å². The van der Waals surface area contributed by atoms with Gasteiger partial charge in [-0.3, -0.25) is 9.36 Å². The summed E-state index contributed by atoms with van der Waals surface area (Å²) in [6.07, 6.45) is 5.24. The molecule has 0 radical (unpaired) electrons. The zero-order valence-electron chi connectivity index (χ0n) is 13.3. The molecule has 0 bridgehead atoms. The molecule has 0 aromatic carbocycles. The number of fused-ring (bicyclic) bond motifs is 1. The quantitative estimate of drug-likeness (QED) is 0.805. The van der Waals surface area contributed by atoms with Crippen LogP contribution in [0.3, 0.4) is 0 Å². The van der Waals surface area contributed by atoms with E-state index in [0.29, 0.717) is 5.52 Å². The third-order valence-corrected chi connectivity index (χ3v) is 4.08. The lowest BCUT2D eigenvalue weighted by molar-refractivity contribution is 0.376. The molecule has 1 aliphatic heterocycles. The second-order valence-corrected chi connectivity index (χ2v) is 6.78. The molecule has 2 aromatic heterocycles. The molecular weight excluding hydrogens is 266 g/mol. The second kappa shape index (κ2) is 4.86. The zero-order chi connectivity index (χ0) is 15.2. The van der Waals surface area contributed by atoms with Gasteiger partial charge in [0.2, 0.25) is 5.95 Å². The van der Waals surface area contributed by atoms with Crippen molar-refractivity contribution in [1.29, 1.82) is 0 Å². The molecule has 0 spiro atoms. The van der Waals surface area contributed by atoms with Crippen molar-refractivity contribution in [2.24, 2.45) is 0 Å². The van der Waals surface area contributed by atoms with Crippen LogP contribution in [0.4, 0.5) is 5.95 Å². The first kappa shape index (κ1) is 14.1. The summed E-state index contributed by atoms with van der Waals surface area (Å²) < 4.78 is 3.39. The summed E-state index contributed by atoms with van der Waals surface area (Å²) in [5, 5.41) is 4.48. The van der Waals surface area contributed by atoms with E-state index in [9.17, 15) is 4.79 Å². The van der Waals surface area contributed by atoms with Crippen LogP contribution >= 0.6 is 0 Å². The molecule has 6 heteroatoms. The van der Waals surface area contributed by atoms with Gasteiger partial charge in [0, 0.05) is 18.6 Å². The maximum Gasteiger partial charge on any atom is 0.280 e. The Balaban J connectivity index is 2.18. The number of hydrogen-bond acceptors (Lipinski definition) is 4. The van der Waals surface area contributed by atoms with Gasteiger partial charge in [0.25, 0.3) is 5.56 Å². The average molecular weight is 289 g/mol. The molecule has 0 N–H and O–H groups in total. The van der Waals surface area contributed by atoms with Crippen molar-refractivity contribution in [3.05, 3.63) is 22.4 Å². The molecule has 6 nitrogen and oxygen atoms in total. The van der Waals surface area contributed by atoms with E-state index in [4.69, 9.17) is 0 Å². The smallest absolute Gasteiger partial charge is 0.280 e. The van der Waals surface area contributed by atoms with E-state index >= 15 is 0 Å². The van der Waals surface area contributed by atoms with E-state index < -0.39 is 0 Å². The fourth-order valence-electron chi connectivity index (χ4n) is 2.90. The van der Waals surface area contributed by atoms with Gasteiger partial charge in [-0.05, 0) is 47.0 Å². The third-order valence-electron chi connectivity index (χ3n) is 4.08. The minimum Gasteiger partial charge on any atom is -0.341 e. The number of hydrogen-bond donors (Lipinski definition) is 0. The molecule has 2 aromatic rings. The van der Waals surface area contributed by atoms with Gasteiger partial charge in [-0.2, -0.15) is 9.61 Å². The summed E-state index contributed by atoms with van der Waals surface area (Å²) >= 11 is 0. The highest BCUT2D eigenvalue weighted by Gasteiger charge is 2.23. The van der Waals surface area contributed by atoms with Gasteiger partial charge in [-0.15, -0.1) is 0 Å². The Morgan fingerprint density at radius 2 is 1.81 bits per heavy atom. The van der Waals surface area contributed by atoms with Crippen LogP contribution in [0.1, 0.15) is 45.7 Å². The van der Waals surface area contributed by atoms with Crippen LogP contribution in [-0.2, 0) is 5.54 Å². The fourth-order valence-corrected chi connectivity index (χ4v) is 2.90. The normalized spacial score (nSPS) is 16.7. The maximum absolute atomic E-state index is 12.7. The summed E-state index contributed by atoms with van der Waals surface area (Å²) in [6, 6.07) is 0. The Hall–Kier alpha value is -1.85. The fraction of sp³-hybridized carbons (Fsp3) is 0.667. The Labute approximate surface area is 124 Å². The highest BCUT2D eigenvalue weighted by Crippen LogP contribution is 2.21. The van der Waals surface area contributed by atoms with E-state index in [1.807, 2.05) is 27.7 Å². The van der Waals surface area contributed by atoms with E-state index in [-0.39, 0.29) is 11.1 Å². The molecular formula is C15H23N5O. The summed E-state index contributed by atoms with van der Waals surface area (Å²) in [6.45, 7) is 9.88. The molecule has 0 atom stereocenters. The predicted molar refractivity (Wildman–Crippen MR) is 83.0 cm³/mol. The number of rotatable bonds is 1. The Morgan fingerprint density at radius 3 is 2.43 bits per heavy atom. The largest absolute Gasteiger partial charge is 0.341 e. The molecule has 21 heavy (non-hydrogen) atoms. The van der Waals surface area contributed by atoms with Gasteiger partial charge < -0.3 is 4.90 Å². The lowest BCUT2D eigenvalue weighted by atomic mass is 10.1. The molecule has 3 heterocycles. The van der Waals surface area contributed by atoms with Crippen LogP contribution in [0, 0.1) is 6.92 Å². The summed E-state index contributed by atoms with van der Waals surface area (Å²) in [5.74, 6) is 0.806. The van der Waals surface area contributed by atoms with Crippen molar-refractivity contribution >= 4 is 11.5 Å². The summed E-state index contributed by atoms with van der Waals surface area (Å²) in [4.78, 5) is 19.6. The van der Waals surface area contributed by atoms with Crippen molar-refractivity contribution in [1.82, 2.24) is 19.2 Å². The lowest BCUT2D eigenvalue weighted by Crippen LogP contribution is -2.36. The van der Waals surface area contributed by atoms with Gasteiger partial charge in [0.15, 0.2) is 5.52 Å². The Morgan fingerprint density at radius 1 is 1.14 bits per heavy atom. The van der Waals surface area contributed by atoms with Crippen molar-refractivity contribution in [2.45, 2.75) is 52.5 Å². The molecule has 1 aliphatic rings. The van der Waals surface area contributed by atoms with Crippen LogP contribution in [0.5, 0.6) is 0 Å².